The summed E-state index contributed by atoms with van der Waals surface area (Å²) in [5, 5.41) is 24.8. The first kappa shape index (κ1) is 45.4. The second-order valence-corrected chi connectivity index (χ2v) is 13.1. The Morgan fingerprint density at radius 1 is 0.667 bits per heavy atom. The van der Waals surface area contributed by atoms with Gasteiger partial charge in [0.05, 0.1) is 17.1 Å². The van der Waals surface area contributed by atoms with Crippen molar-refractivity contribution in [2.24, 2.45) is 10.2 Å². The maximum Gasteiger partial charge on any atom is 0.258 e. The fraction of sp³-hybridized carbons (Fsp3) is 0.415. The van der Waals surface area contributed by atoms with Gasteiger partial charge in [-0.05, 0) is 120 Å². The van der Waals surface area contributed by atoms with E-state index in [-0.39, 0.29) is 39.9 Å². The van der Waals surface area contributed by atoms with Gasteiger partial charge in [-0.15, -0.1) is 0 Å². The predicted octanol–water partition coefficient (Wildman–Crippen LogP) is 5.15. The fourth-order valence-electron chi connectivity index (χ4n) is 5.81. The number of ketones is 1. The molecular formula is C41H56N10O6. The molecule has 0 saturated heterocycles. The molecule has 16 nitrogen and oxygen atoms in total. The quantitative estimate of drug-likeness (QED) is 0.0307. The van der Waals surface area contributed by atoms with Gasteiger partial charge in [0.2, 0.25) is 12.5 Å². The van der Waals surface area contributed by atoms with E-state index in [4.69, 9.17) is 0 Å². The molecule has 3 aromatic carbocycles. The van der Waals surface area contributed by atoms with Crippen LogP contribution in [0.3, 0.4) is 0 Å². The normalized spacial score (nSPS) is 11.6. The number of carbonyl (C=O) groups is 6. The highest BCUT2D eigenvalue weighted by Gasteiger charge is 2.24. The van der Waals surface area contributed by atoms with Crippen LogP contribution < -0.4 is 31.9 Å². The van der Waals surface area contributed by atoms with E-state index < -0.39 is 23.6 Å². The third-order valence-corrected chi connectivity index (χ3v) is 9.20. The zero-order valence-corrected chi connectivity index (χ0v) is 33.7. The van der Waals surface area contributed by atoms with Gasteiger partial charge >= 0.3 is 0 Å². The van der Waals surface area contributed by atoms with Gasteiger partial charge in [-0.3, -0.25) is 28.8 Å². The Bertz CT molecular complexity index is 1810. The summed E-state index contributed by atoms with van der Waals surface area (Å²) in [5.41, 5.74) is 2.68. The van der Waals surface area contributed by atoms with Gasteiger partial charge in [0.25, 0.3) is 23.6 Å². The first-order chi connectivity index (χ1) is 27.5. The number of amides is 5. The standard InChI is InChI=1S/C41H56N10O6/c1-7-50(8-2)21-11-19-43-38(54)30-23-31(39(55)44-20-12-22-51(9-3)10-4)25-34(24-30)47-40(56)29-13-15-32(16-14-29)48-49-37(28(5)53)41(57)46-33-17-18-35(45-27-52)36(26-33)42-6/h13-18,23-27,37,42H,7-12,19-22H2,1-6H3,(H,43,54)(H,44,55)(H,45,52)(H,46,57)(H,47,56). The highest BCUT2D eigenvalue weighted by Crippen LogP contribution is 2.25. The number of hydrogen-bond donors (Lipinski definition) is 6. The minimum absolute atomic E-state index is 0.234. The van der Waals surface area contributed by atoms with Crippen LogP contribution in [0.4, 0.5) is 28.4 Å². The summed E-state index contributed by atoms with van der Waals surface area (Å²) in [4.78, 5) is 80.6. The Balaban J connectivity index is 1.73. The molecule has 57 heavy (non-hydrogen) atoms. The monoisotopic (exact) mass is 784 g/mol. The second-order valence-electron chi connectivity index (χ2n) is 13.1. The summed E-state index contributed by atoms with van der Waals surface area (Å²) in [6.07, 6.45) is 2.05. The molecule has 3 aromatic rings. The summed E-state index contributed by atoms with van der Waals surface area (Å²) in [5.74, 6) is -2.47. The van der Waals surface area contributed by atoms with Crippen molar-refractivity contribution in [3.8, 4) is 0 Å². The molecule has 0 radical (unpaired) electrons. The largest absolute Gasteiger partial charge is 0.386 e. The number of rotatable bonds is 24. The topological polar surface area (TPSA) is 206 Å². The third-order valence-electron chi connectivity index (χ3n) is 9.20. The molecule has 0 aromatic heterocycles. The lowest BCUT2D eigenvalue weighted by molar-refractivity contribution is -0.126. The molecule has 0 bridgehead atoms. The van der Waals surface area contributed by atoms with Crippen LogP contribution in [-0.2, 0) is 14.4 Å². The average molecular weight is 785 g/mol. The van der Waals surface area contributed by atoms with Crippen molar-refractivity contribution in [2.45, 2.75) is 53.5 Å². The summed E-state index contributed by atoms with van der Waals surface area (Å²) in [6.45, 7) is 15.8. The average Bonchev–Trinajstić information content (AvgIpc) is 3.21. The number of Topliss-reactive ketones (excluding diaryl/α,β-unsaturated/α-hetero) is 1. The van der Waals surface area contributed by atoms with E-state index in [9.17, 15) is 28.8 Å². The molecule has 0 heterocycles. The van der Waals surface area contributed by atoms with E-state index in [0.29, 0.717) is 36.6 Å². The lowest BCUT2D eigenvalue weighted by Crippen LogP contribution is -2.31. The van der Waals surface area contributed by atoms with E-state index >= 15 is 0 Å². The molecule has 0 aliphatic rings. The molecule has 0 spiro atoms. The van der Waals surface area contributed by atoms with E-state index in [1.165, 1.54) is 49.4 Å². The second kappa shape index (κ2) is 23.8. The van der Waals surface area contributed by atoms with Gasteiger partial charge in [-0.1, -0.05) is 27.7 Å². The van der Waals surface area contributed by atoms with Gasteiger partial charge < -0.3 is 41.7 Å². The van der Waals surface area contributed by atoms with E-state index in [1.807, 2.05) is 0 Å². The van der Waals surface area contributed by atoms with Crippen LogP contribution in [0.1, 0.15) is 78.5 Å². The molecule has 1 unspecified atom stereocenters. The van der Waals surface area contributed by atoms with Crippen molar-refractivity contribution >= 4 is 64.3 Å². The molecule has 0 aliphatic heterocycles. The van der Waals surface area contributed by atoms with E-state index in [0.717, 1.165) is 52.1 Å². The van der Waals surface area contributed by atoms with Gasteiger partial charge in [0.1, 0.15) is 0 Å². The van der Waals surface area contributed by atoms with Crippen LogP contribution in [-0.4, -0.2) is 111 Å². The number of azo groups is 1. The first-order valence-corrected chi connectivity index (χ1v) is 19.3. The Morgan fingerprint density at radius 2 is 1.23 bits per heavy atom. The Labute approximate surface area is 334 Å². The molecule has 5 amide bonds. The number of hydrogen-bond acceptors (Lipinski definition) is 11. The molecule has 16 heteroatoms. The zero-order chi connectivity index (χ0) is 41.7. The maximum atomic E-state index is 13.4. The van der Waals surface area contributed by atoms with E-state index in [1.54, 1.807) is 25.2 Å². The molecule has 306 valence electrons. The number of anilines is 4. The lowest BCUT2D eigenvalue weighted by Gasteiger charge is -2.18. The van der Waals surface area contributed by atoms with Crippen molar-refractivity contribution in [2.75, 3.05) is 80.7 Å². The van der Waals surface area contributed by atoms with Crippen LogP contribution >= 0.6 is 0 Å². The van der Waals surface area contributed by atoms with Crippen LogP contribution in [0.25, 0.3) is 0 Å². The zero-order valence-electron chi connectivity index (χ0n) is 33.7. The molecule has 3 rings (SSSR count). The minimum Gasteiger partial charge on any atom is -0.386 e. The molecule has 0 saturated carbocycles. The highest BCUT2D eigenvalue weighted by atomic mass is 16.2. The van der Waals surface area contributed by atoms with Crippen molar-refractivity contribution in [1.82, 2.24) is 20.4 Å². The number of nitrogens with zero attached hydrogens (tertiary/aromatic N) is 4. The molecule has 1 atom stereocenters. The third kappa shape index (κ3) is 14.5. The Morgan fingerprint density at radius 3 is 1.72 bits per heavy atom. The maximum absolute atomic E-state index is 13.4. The lowest BCUT2D eigenvalue weighted by atomic mass is 10.1. The van der Waals surface area contributed by atoms with Crippen molar-refractivity contribution in [1.29, 1.82) is 0 Å². The summed E-state index contributed by atoms with van der Waals surface area (Å²) < 4.78 is 0. The van der Waals surface area contributed by atoms with Gasteiger partial charge in [-0.25, -0.2) is 0 Å². The Hall–Kier alpha value is -6.00. The van der Waals surface area contributed by atoms with Crippen molar-refractivity contribution in [3.05, 3.63) is 77.4 Å². The van der Waals surface area contributed by atoms with Crippen molar-refractivity contribution in [3.63, 3.8) is 0 Å². The van der Waals surface area contributed by atoms with Crippen LogP contribution in [0, 0.1) is 0 Å². The molecule has 0 aliphatic carbocycles. The predicted molar refractivity (Wildman–Crippen MR) is 224 cm³/mol. The van der Waals surface area contributed by atoms with Crippen molar-refractivity contribution < 1.29 is 28.8 Å². The smallest absolute Gasteiger partial charge is 0.258 e. The summed E-state index contributed by atoms with van der Waals surface area (Å²) in [6, 6.07) is 13.9. The molecule has 6 N–H and O–H groups in total. The SMILES string of the molecule is CCN(CC)CCCNC(=O)c1cc(NC(=O)c2ccc(N=NC(C(C)=O)C(=O)Nc3ccc(NC=O)c(NC)c3)cc2)cc(C(=O)NCCCN(CC)CC)c1. The first-order valence-electron chi connectivity index (χ1n) is 19.3. The number of benzene rings is 3. The van der Waals surface area contributed by atoms with E-state index in [2.05, 4.69) is 79.6 Å². The molecular weight excluding hydrogens is 729 g/mol. The Kier molecular flexibility index (Phi) is 19.0. The van der Waals surface area contributed by atoms with Gasteiger partial charge in [0, 0.05) is 48.2 Å². The highest BCUT2D eigenvalue weighted by molar-refractivity contribution is 6.10. The van der Waals surface area contributed by atoms with Gasteiger partial charge in [-0.2, -0.15) is 10.2 Å². The van der Waals surface area contributed by atoms with Gasteiger partial charge in [0.15, 0.2) is 5.78 Å². The summed E-state index contributed by atoms with van der Waals surface area (Å²) >= 11 is 0. The van der Waals surface area contributed by atoms with Crippen LogP contribution in [0.5, 0.6) is 0 Å². The summed E-state index contributed by atoms with van der Waals surface area (Å²) in [7, 11) is 1.65. The molecule has 0 fully saturated rings. The van der Waals surface area contributed by atoms with Crippen LogP contribution in [0.2, 0.25) is 0 Å². The fourth-order valence-corrected chi connectivity index (χ4v) is 5.81. The minimum atomic E-state index is -1.44. The number of nitrogens with one attached hydrogen (secondary N) is 6. The van der Waals surface area contributed by atoms with Crippen LogP contribution in [0.15, 0.2) is 70.9 Å². The number of carbonyl (C=O) groups excluding carboxylic acids is 6.